The standard InChI is InChI=1S/C64H41N/c1-4-14-42(15-5-1)48-30-34-63-61(40-48)58-33-29-51(39-60(58)62-41-49(43-16-6-2-7-17-43)31-35-64(62)65(63)52-18-8-3-9-19-52)47-27-25-44-36-46(26-24-45(44)37-47)50-28-32-57-55-22-11-10-20-53(55)54-21-12-13-23-56(54)59(57)38-50/h1-41H. The van der Waals surface area contributed by atoms with Crippen LogP contribution < -0.4 is 4.90 Å². The molecule has 65 heavy (non-hydrogen) atoms. The molecule has 1 aliphatic heterocycles. The van der Waals surface area contributed by atoms with Gasteiger partial charge in [-0.05, 0) is 159 Å². The minimum absolute atomic E-state index is 1.13. The first-order valence-electron chi connectivity index (χ1n) is 22.5. The molecule has 0 saturated carbocycles. The van der Waals surface area contributed by atoms with Crippen LogP contribution in [0.3, 0.4) is 0 Å². The van der Waals surface area contributed by atoms with E-state index < -0.39 is 0 Å². The zero-order valence-corrected chi connectivity index (χ0v) is 35.6. The first-order chi connectivity index (χ1) is 32.2. The molecule has 0 aliphatic carbocycles. The number of nitrogens with zero attached hydrogens (tertiary/aromatic N) is 1. The van der Waals surface area contributed by atoms with Gasteiger partial charge in [-0.25, -0.2) is 0 Å². The molecule has 0 fully saturated rings. The van der Waals surface area contributed by atoms with Gasteiger partial charge in [-0.15, -0.1) is 0 Å². The smallest absolute Gasteiger partial charge is 0.0540 e. The Hall–Kier alpha value is -8.52. The van der Waals surface area contributed by atoms with Crippen molar-refractivity contribution in [3.8, 4) is 66.8 Å². The molecule has 0 atom stereocenters. The van der Waals surface area contributed by atoms with E-state index in [1.54, 1.807) is 0 Å². The number of benzene rings is 12. The quantitative estimate of drug-likeness (QED) is 0.156. The molecule has 0 bridgehead atoms. The normalized spacial score (nSPS) is 12.0. The van der Waals surface area contributed by atoms with Crippen LogP contribution in [0.15, 0.2) is 249 Å². The van der Waals surface area contributed by atoms with Crippen LogP contribution in [0.5, 0.6) is 0 Å². The molecule has 0 radical (unpaired) electrons. The van der Waals surface area contributed by atoms with E-state index in [2.05, 4.69) is 254 Å². The molecule has 12 aromatic carbocycles. The van der Waals surface area contributed by atoms with Crippen molar-refractivity contribution >= 4 is 60.2 Å². The van der Waals surface area contributed by atoms with Gasteiger partial charge in [0.25, 0.3) is 0 Å². The van der Waals surface area contributed by atoms with Crippen LogP contribution >= 0.6 is 0 Å². The summed E-state index contributed by atoms with van der Waals surface area (Å²) >= 11 is 0. The third kappa shape index (κ3) is 6.24. The Morgan fingerprint density at radius 2 is 0.569 bits per heavy atom. The monoisotopic (exact) mass is 823 g/mol. The summed E-state index contributed by atoms with van der Waals surface area (Å²) in [6.45, 7) is 0. The number of fused-ring (bicyclic) bond motifs is 12. The molecule has 0 amide bonds. The number of hydrogen-bond donors (Lipinski definition) is 0. The molecular weight excluding hydrogens is 783 g/mol. The third-order valence-electron chi connectivity index (χ3n) is 13.6. The van der Waals surface area contributed by atoms with Crippen LogP contribution in [0.1, 0.15) is 0 Å². The average molecular weight is 824 g/mol. The number of para-hydroxylation sites is 1. The molecule has 1 nitrogen and oxygen atoms in total. The zero-order valence-electron chi connectivity index (χ0n) is 35.6. The van der Waals surface area contributed by atoms with Crippen LogP contribution in [-0.2, 0) is 0 Å². The second-order valence-electron chi connectivity index (χ2n) is 17.3. The molecule has 0 aromatic heterocycles. The van der Waals surface area contributed by atoms with Crippen LogP contribution in [0.4, 0.5) is 17.1 Å². The lowest BCUT2D eigenvalue weighted by atomic mass is 9.88. The van der Waals surface area contributed by atoms with Gasteiger partial charge in [0.05, 0.1) is 11.4 Å². The first kappa shape index (κ1) is 37.1. The largest absolute Gasteiger partial charge is 0.309 e. The van der Waals surface area contributed by atoms with Crippen LogP contribution in [0, 0.1) is 0 Å². The third-order valence-corrected chi connectivity index (χ3v) is 13.6. The van der Waals surface area contributed by atoms with Crippen molar-refractivity contribution in [3.05, 3.63) is 249 Å². The Bertz CT molecular complexity index is 3780. The Labute approximate surface area is 378 Å². The summed E-state index contributed by atoms with van der Waals surface area (Å²) in [6.07, 6.45) is 0. The van der Waals surface area contributed by atoms with Gasteiger partial charge in [0.15, 0.2) is 0 Å². The van der Waals surface area contributed by atoms with E-state index in [-0.39, 0.29) is 0 Å². The molecule has 12 aromatic rings. The second kappa shape index (κ2) is 15.1. The highest BCUT2D eigenvalue weighted by Crippen LogP contribution is 2.53. The molecule has 302 valence electrons. The Morgan fingerprint density at radius 1 is 0.200 bits per heavy atom. The van der Waals surface area contributed by atoms with E-state index in [0.29, 0.717) is 0 Å². The molecular formula is C64H41N. The first-order valence-corrected chi connectivity index (χ1v) is 22.5. The van der Waals surface area contributed by atoms with E-state index in [9.17, 15) is 0 Å². The summed E-state index contributed by atoms with van der Waals surface area (Å²) in [4.78, 5) is 2.45. The summed E-state index contributed by atoms with van der Waals surface area (Å²) in [5.74, 6) is 0. The van der Waals surface area contributed by atoms with Crippen LogP contribution in [0.2, 0.25) is 0 Å². The molecule has 0 spiro atoms. The second-order valence-corrected chi connectivity index (χ2v) is 17.3. The molecule has 0 N–H and O–H groups in total. The topological polar surface area (TPSA) is 3.24 Å². The molecule has 1 aliphatic rings. The van der Waals surface area contributed by atoms with Gasteiger partial charge in [-0.1, -0.05) is 188 Å². The Morgan fingerprint density at radius 3 is 1.12 bits per heavy atom. The number of rotatable bonds is 5. The Kier molecular flexibility index (Phi) is 8.60. The van der Waals surface area contributed by atoms with Crippen LogP contribution in [0.25, 0.3) is 110 Å². The number of hydrogen-bond acceptors (Lipinski definition) is 1. The van der Waals surface area contributed by atoms with Gasteiger partial charge in [0, 0.05) is 16.8 Å². The fraction of sp³-hybridized carbons (Fsp3) is 0. The minimum atomic E-state index is 1.13. The highest BCUT2D eigenvalue weighted by atomic mass is 15.1. The predicted octanol–water partition coefficient (Wildman–Crippen LogP) is 18.1. The van der Waals surface area contributed by atoms with Gasteiger partial charge >= 0.3 is 0 Å². The van der Waals surface area contributed by atoms with Crippen molar-refractivity contribution in [2.75, 3.05) is 4.90 Å². The molecule has 1 heterocycles. The maximum atomic E-state index is 2.45. The highest BCUT2D eigenvalue weighted by molar-refractivity contribution is 6.25. The molecule has 0 saturated heterocycles. The highest BCUT2D eigenvalue weighted by Gasteiger charge is 2.27. The Balaban J connectivity index is 0.959. The zero-order chi connectivity index (χ0) is 42.8. The summed E-state index contributed by atoms with van der Waals surface area (Å²) < 4.78 is 0. The predicted molar refractivity (Wildman–Crippen MR) is 277 cm³/mol. The minimum Gasteiger partial charge on any atom is -0.309 e. The van der Waals surface area contributed by atoms with Gasteiger partial charge in [0.1, 0.15) is 0 Å². The van der Waals surface area contributed by atoms with Crippen LogP contribution in [-0.4, -0.2) is 0 Å². The summed E-state index contributed by atoms with van der Waals surface area (Å²) in [5.41, 5.74) is 17.9. The van der Waals surface area contributed by atoms with E-state index in [1.807, 2.05) is 0 Å². The van der Waals surface area contributed by atoms with Crippen molar-refractivity contribution in [3.63, 3.8) is 0 Å². The van der Waals surface area contributed by atoms with Gasteiger partial charge < -0.3 is 4.90 Å². The van der Waals surface area contributed by atoms with Gasteiger partial charge in [-0.3, -0.25) is 0 Å². The summed E-state index contributed by atoms with van der Waals surface area (Å²) in [7, 11) is 0. The number of anilines is 3. The van der Waals surface area contributed by atoms with E-state index in [1.165, 1.54) is 110 Å². The van der Waals surface area contributed by atoms with Crippen molar-refractivity contribution in [2.45, 2.75) is 0 Å². The molecule has 1 heteroatoms. The lowest BCUT2D eigenvalue weighted by Gasteiger charge is -2.28. The fourth-order valence-electron chi connectivity index (χ4n) is 10.4. The lowest BCUT2D eigenvalue weighted by Crippen LogP contribution is -2.11. The molecule has 0 unspecified atom stereocenters. The van der Waals surface area contributed by atoms with E-state index >= 15 is 0 Å². The van der Waals surface area contributed by atoms with Crippen molar-refractivity contribution < 1.29 is 0 Å². The van der Waals surface area contributed by atoms with Crippen molar-refractivity contribution in [1.29, 1.82) is 0 Å². The average Bonchev–Trinajstić information content (AvgIpc) is 3.50. The fourth-order valence-corrected chi connectivity index (χ4v) is 10.4. The van der Waals surface area contributed by atoms with Gasteiger partial charge in [0.2, 0.25) is 0 Å². The SMILES string of the molecule is c1ccc(-c2ccc3c(c2)-c2ccc(-c4ccc5cc(-c6ccc7c8ccccc8c8ccccc8c7c6)ccc5c4)cc2-c2cc(-c4ccccc4)ccc2N3c2ccccc2)cc1. The lowest BCUT2D eigenvalue weighted by molar-refractivity contribution is 1.29. The maximum Gasteiger partial charge on any atom is 0.0540 e. The summed E-state index contributed by atoms with van der Waals surface area (Å²) in [5, 5.41) is 10.2. The van der Waals surface area contributed by atoms with E-state index in [0.717, 1.165) is 17.1 Å². The molecule has 13 rings (SSSR count). The van der Waals surface area contributed by atoms with Crippen molar-refractivity contribution in [2.24, 2.45) is 0 Å². The summed E-state index contributed by atoms with van der Waals surface area (Å²) in [6, 6.07) is 91.8. The maximum absolute atomic E-state index is 2.45. The van der Waals surface area contributed by atoms with Gasteiger partial charge in [-0.2, -0.15) is 0 Å². The van der Waals surface area contributed by atoms with E-state index in [4.69, 9.17) is 0 Å². The van der Waals surface area contributed by atoms with Crippen molar-refractivity contribution in [1.82, 2.24) is 0 Å².